The molecular formula is C7H15NS. The van der Waals surface area contributed by atoms with E-state index in [9.17, 15) is 0 Å². The van der Waals surface area contributed by atoms with Crippen LogP contribution in [-0.4, -0.2) is 31.3 Å². The summed E-state index contributed by atoms with van der Waals surface area (Å²) in [5.74, 6) is 1.16. The summed E-state index contributed by atoms with van der Waals surface area (Å²) < 4.78 is 0. The summed E-state index contributed by atoms with van der Waals surface area (Å²) in [6.45, 7) is 6.97. The molecule has 0 fully saturated rings. The van der Waals surface area contributed by atoms with Gasteiger partial charge in [0.1, 0.15) is 0 Å². The van der Waals surface area contributed by atoms with E-state index in [-0.39, 0.29) is 0 Å². The number of hydrogen-bond acceptors (Lipinski definition) is 2. The summed E-state index contributed by atoms with van der Waals surface area (Å²) in [6.07, 6.45) is 0. The predicted octanol–water partition coefficient (Wildman–Crippen LogP) is 1.81. The van der Waals surface area contributed by atoms with Gasteiger partial charge in [0, 0.05) is 12.3 Å². The highest BCUT2D eigenvalue weighted by Gasteiger charge is 1.89. The standard InChI is InChI=1S/C7H15NS/c1-7(2)9-6-5-8(3)4/h1,5-6H2,2-4H3. The maximum Gasteiger partial charge on any atom is 0.0104 e. The van der Waals surface area contributed by atoms with Crippen molar-refractivity contribution < 1.29 is 0 Å². The Bertz CT molecular complexity index is 88.9. The molecule has 0 saturated heterocycles. The smallest absolute Gasteiger partial charge is 0.0104 e. The lowest BCUT2D eigenvalue weighted by Crippen LogP contribution is -2.14. The molecule has 1 nitrogen and oxygen atoms in total. The predicted molar refractivity (Wildman–Crippen MR) is 45.8 cm³/mol. The van der Waals surface area contributed by atoms with Crippen LogP contribution in [0.1, 0.15) is 6.92 Å². The van der Waals surface area contributed by atoms with Crippen molar-refractivity contribution in [3.63, 3.8) is 0 Å². The number of thioether (sulfide) groups is 1. The Hall–Kier alpha value is 0.0500. The number of allylic oxidation sites excluding steroid dienone is 1. The van der Waals surface area contributed by atoms with Crippen molar-refractivity contribution in [2.24, 2.45) is 0 Å². The Morgan fingerprint density at radius 3 is 2.44 bits per heavy atom. The molecule has 0 heterocycles. The Morgan fingerprint density at radius 1 is 1.56 bits per heavy atom. The van der Waals surface area contributed by atoms with Gasteiger partial charge in [-0.1, -0.05) is 6.58 Å². The average molecular weight is 145 g/mol. The Labute approximate surface area is 62.1 Å². The van der Waals surface area contributed by atoms with Crippen LogP contribution in [0.15, 0.2) is 11.5 Å². The minimum absolute atomic E-state index is 1.14. The van der Waals surface area contributed by atoms with Gasteiger partial charge >= 0.3 is 0 Å². The maximum atomic E-state index is 3.80. The first kappa shape index (κ1) is 9.05. The highest BCUT2D eigenvalue weighted by Crippen LogP contribution is 2.10. The molecule has 0 aliphatic rings. The first-order chi connectivity index (χ1) is 4.13. The molecule has 9 heavy (non-hydrogen) atoms. The third kappa shape index (κ3) is 8.05. The van der Waals surface area contributed by atoms with Crippen LogP contribution in [0.4, 0.5) is 0 Å². The van der Waals surface area contributed by atoms with Crippen molar-refractivity contribution in [3.05, 3.63) is 11.5 Å². The number of nitrogens with zero attached hydrogens (tertiary/aromatic N) is 1. The van der Waals surface area contributed by atoms with Gasteiger partial charge in [-0.25, -0.2) is 0 Å². The lowest BCUT2D eigenvalue weighted by atomic mass is 10.7. The third-order valence-corrected chi connectivity index (χ3v) is 1.77. The Balaban J connectivity index is 3.01. The first-order valence-corrected chi connectivity index (χ1v) is 4.04. The van der Waals surface area contributed by atoms with Gasteiger partial charge in [-0.15, -0.1) is 11.8 Å². The lowest BCUT2D eigenvalue weighted by Gasteiger charge is -2.07. The molecule has 2 heteroatoms. The molecule has 0 aromatic carbocycles. The van der Waals surface area contributed by atoms with Crippen molar-refractivity contribution in [3.8, 4) is 0 Å². The maximum absolute atomic E-state index is 3.80. The number of hydrogen-bond donors (Lipinski definition) is 0. The van der Waals surface area contributed by atoms with Crippen LogP contribution in [-0.2, 0) is 0 Å². The Morgan fingerprint density at radius 2 is 2.11 bits per heavy atom. The van der Waals surface area contributed by atoms with Crippen LogP contribution in [0.2, 0.25) is 0 Å². The van der Waals surface area contributed by atoms with Crippen LogP contribution in [0.5, 0.6) is 0 Å². The van der Waals surface area contributed by atoms with E-state index in [0.717, 1.165) is 12.3 Å². The largest absolute Gasteiger partial charge is 0.309 e. The first-order valence-electron chi connectivity index (χ1n) is 3.06. The highest BCUT2D eigenvalue weighted by atomic mass is 32.2. The van der Waals surface area contributed by atoms with E-state index in [2.05, 4.69) is 25.6 Å². The molecule has 0 aliphatic heterocycles. The Kier molecular flexibility index (Phi) is 4.91. The molecule has 0 N–H and O–H groups in total. The molecule has 0 rings (SSSR count). The van der Waals surface area contributed by atoms with Crippen LogP contribution < -0.4 is 0 Å². The van der Waals surface area contributed by atoms with E-state index >= 15 is 0 Å². The van der Waals surface area contributed by atoms with Gasteiger partial charge in [-0.05, 0) is 25.9 Å². The van der Waals surface area contributed by atoms with Crippen molar-refractivity contribution in [1.82, 2.24) is 4.90 Å². The lowest BCUT2D eigenvalue weighted by molar-refractivity contribution is 0.437. The van der Waals surface area contributed by atoms with Gasteiger partial charge < -0.3 is 4.90 Å². The second-order valence-corrected chi connectivity index (χ2v) is 3.75. The summed E-state index contributed by atoms with van der Waals surface area (Å²) in [5, 5.41) is 0. The fourth-order valence-electron chi connectivity index (χ4n) is 0.402. The topological polar surface area (TPSA) is 3.24 Å². The molecule has 0 bridgehead atoms. The minimum atomic E-state index is 1.14. The summed E-state index contributed by atoms with van der Waals surface area (Å²) in [4.78, 5) is 3.38. The fourth-order valence-corrected chi connectivity index (χ4v) is 1.21. The summed E-state index contributed by atoms with van der Waals surface area (Å²) in [7, 11) is 4.16. The molecule has 0 aliphatic carbocycles. The normalized spacial score (nSPS) is 10.2. The van der Waals surface area contributed by atoms with E-state index in [4.69, 9.17) is 0 Å². The molecule has 0 aromatic rings. The molecule has 0 spiro atoms. The average Bonchev–Trinajstić information content (AvgIpc) is 1.63. The van der Waals surface area contributed by atoms with E-state index in [0.29, 0.717) is 0 Å². The third-order valence-electron chi connectivity index (χ3n) is 0.887. The molecule has 0 saturated carbocycles. The summed E-state index contributed by atoms with van der Waals surface area (Å²) >= 11 is 1.82. The van der Waals surface area contributed by atoms with Crippen molar-refractivity contribution in [2.75, 3.05) is 26.4 Å². The zero-order chi connectivity index (χ0) is 7.28. The quantitative estimate of drug-likeness (QED) is 0.593. The van der Waals surface area contributed by atoms with E-state index in [1.807, 2.05) is 18.7 Å². The minimum Gasteiger partial charge on any atom is -0.309 e. The van der Waals surface area contributed by atoms with Crippen molar-refractivity contribution in [2.45, 2.75) is 6.92 Å². The molecule has 54 valence electrons. The van der Waals surface area contributed by atoms with Gasteiger partial charge in [0.05, 0.1) is 0 Å². The SMILES string of the molecule is C=C(C)SCCN(C)C. The van der Waals surface area contributed by atoms with E-state index in [1.165, 1.54) is 4.91 Å². The van der Waals surface area contributed by atoms with Gasteiger partial charge in [0.25, 0.3) is 0 Å². The zero-order valence-corrected chi connectivity index (χ0v) is 7.29. The monoisotopic (exact) mass is 145 g/mol. The molecule has 0 unspecified atom stereocenters. The molecular weight excluding hydrogens is 130 g/mol. The van der Waals surface area contributed by atoms with E-state index < -0.39 is 0 Å². The van der Waals surface area contributed by atoms with E-state index in [1.54, 1.807) is 0 Å². The van der Waals surface area contributed by atoms with Crippen molar-refractivity contribution >= 4 is 11.8 Å². The fraction of sp³-hybridized carbons (Fsp3) is 0.714. The second-order valence-electron chi connectivity index (χ2n) is 2.35. The highest BCUT2D eigenvalue weighted by molar-refractivity contribution is 8.03. The van der Waals surface area contributed by atoms with Gasteiger partial charge in [0.15, 0.2) is 0 Å². The molecule has 0 atom stereocenters. The van der Waals surface area contributed by atoms with Crippen LogP contribution in [0.25, 0.3) is 0 Å². The van der Waals surface area contributed by atoms with Gasteiger partial charge in [0.2, 0.25) is 0 Å². The summed E-state index contributed by atoms with van der Waals surface area (Å²) in [6, 6.07) is 0. The van der Waals surface area contributed by atoms with Crippen LogP contribution in [0, 0.1) is 0 Å². The number of rotatable bonds is 4. The zero-order valence-electron chi connectivity index (χ0n) is 6.48. The second kappa shape index (κ2) is 4.89. The molecule has 0 aromatic heterocycles. The summed E-state index contributed by atoms with van der Waals surface area (Å²) in [5.41, 5.74) is 0. The molecule has 0 radical (unpaired) electrons. The van der Waals surface area contributed by atoms with Crippen molar-refractivity contribution in [1.29, 1.82) is 0 Å². The van der Waals surface area contributed by atoms with Gasteiger partial charge in [-0.2, -0.15) is 0 Å². The van der Waals surface area contributed by atoms with Crippen LogP contribution >= 0.6 is 11.8 Å². The van der Waals surface area contributed by atoms with Gasteiger partial charge in [-0.3, -0.25) is 0 Å². The molecule has 0 amide bonds. The van der Waals surface area contributed by atoms with Crippen LogP contribution in [0.3, 0.4) is 0 Å².